The molecule has 6 heteroatoms. The Morgan fingerprint density at radius 2 is 1.92 bits per heavy atom. The standard InChI is InChI=1S/C20H21FN4S/c21-18-6-2-1-5-17(18)20-24-16(14-26-20)13-25-11-8-15(9-12-25)23-19-7-3-4-10-22-19/h1-7,10,14-15H,8-9,11-13H2,(H,22,23). The lowest BCUT2D eigenvalue weighted by Gasteiger charge is -2.32. The summed E-state index contributed by atoms with van der Waals surface area (Å²) in [6.45, 7) is 2.87. The van der Waals surface area contributed by atoms with Crippen molar-refractivity contribution >= 4 is 17.2 Å². The first-order valence-corrected chi connectivity index (χ1v) is 9.75. The van der Waals surface area contributed by atoms with Crippen molar-refractivity contribution in [3.8, 4) is 10.6 Å². The molecule has 1 N–H and O–H groups in total. The minimum atomic E-state index is -0.213. The second-order valence-corrected chi connectivity index (χ2v) is 7.39. The fraction of sp³-hybridized carbons (Fsp3) is 0.300. The Balaban J connectivity index is 1.32. The average molecular weight is 368 g/mol. The number of piperidine rings is 1. The largest absolute Gasteiger partial charge is 0.367 e. The van der Waals surface area contributed by atoms with Crippen LogP contribution < -0.4 is 5.32 Å². The van der Waals surface area contributed by atoms with Gasteiger partial charge in [0.2, 0.25) is 0 Å². The fourth-order valence-electron chi connectivity index (χ4n) is 3.26. The minimum Gasteiger partial charge on any atom is -0.367 e. The molecule has 1 aliphatic heterocycles. The van der Waals surface area contributed by atoms with Crippen molar-refractivity contribution in [2.75, 3.05) is 18.4 Å². The molecule has 134 valence electrons. The number of thiazole rings is 1. The Morgan fingerprint density at radius 3 is 2.69 bits per heavy atom. The number of hydrogen-bond acceptors (Lipinski definition) is 5. The Hall–Kier alpha value is -2.31. The number of hydrogen-bond donors (Lipinski definition) is 1. The van der Waals surface area contributed by atoms with Crippen LogP contribution in [0.25, 0.3) is 10.6 Å². The summed E-state index contributed by atoms with van der Waals surface area (Å²) in [5.74, 6) is 0.731. The molecule has 1 aliphatic rings. The van der Waals surface area contributed by atoms with Gasteiger partial charge in [-0.3, -0.25) is 4.90 Å². The molecule has 0 bridgehead atoms. The van der Waals surface area contributed by atoms with Crippen molar-refractivity contribution in [1.82, 2.24) is 14.9 Å². The lowest BCUT2D eigenvalue weighted by Crippen LogP contribution is -2.38. The van der Waals surface area contributed by atoms with E-state index in [1.807, 2.05) is 35.8 Å². The van der Waals surface area contributed by atoms with Crippen molar-refractivity contribution in [3.05, 3.63) is 65.6 Å². The molecule has 3 heterocycles. The molecule has 1 fully saturated rings. The molecule has 4 nitrogen and oxygen atoms in total. The third kappa shape index (κ3) is 4.08. The number of aromatic nitrogens is 2. The molecule has 2 aromatic heterocycles. The first kappa shape index (κ1) is 17.1. The Labute approximate surface area is 156 Å². The highest BCUT2D eigenvalue weighted by atomic mass is 32.1. The average Bonchev–Trinajstić information content (AvgIpc) is 3.13. The molecule has 0 atom stereocenters. The summed E-state index contributed by atoms with van der Waals surface area (Å²) in [4.78, 5) is 11.4. The van der Waals surface area contributed by atoms with Gasteiger partial charge < -0.3 is 5.32 Å². The SMILES string of the molecule is Fc1ccccc1-c1nc(CN2CCC(Nc3ccccn3)CC2)cs1. The molecule has 3 aromatic rings. The van der Waals surface area contributed by atoms with Crippen molar-refractivity contribution < 1.29 is 4.39 Å². The lowest BCUT2D eigenvalue weighted by atomic mass is 10.0. The van der Waals surface area contributed by atoms with Gasteiger partial charge in [0.15, 0.2) is 0 Å². The highest BCUT2D eigenvalue weighted by Crippen LogP contribution is 2.27. The van der Waals surface area contributed by atoms with E-state index >= 15 is 0 Å². The molecule has 0 spiro atoms. The van der Waals surface area contributed by atoms with Crippen LogP contribution in [0.5, 0.6) is 0 Å². The van der Waals surface area contributed by atoms with Crippen LogP contribution >= 0.6 is 11.3 Å². The first-order valence-electron chi connectivity index (χ1n) is 8.87. The van der Waals surface area contributed by atoms with Crippen molar-refractivity contribution in [1.29, 1.82) is 0 Å². The molecule has 0 aliphatic carbocycles. The molecule has 0 unspecified atom stereocenters. The molecule has 0 amide bonds. The summed E-state index contributed by atoms with van der Waals surface area (Å²) < 4.78 is 13.9. The smallest absolute Gasteiger partial charge is 0.133 e. The van der Waals surface area contributed by atoms with Crippen molar-refractivity contribution in [2.24, 2.45) is 0 Å². The molecule has 0 radical (unpaired) electrons. The third-order valence-electron chi connectivity index (χ3n) is 4.65. The summed E-state index contributed by atoms with van der Waals surface area (Å²) in [5, 5.41) is 6.30. The van der Waals surface area contributed by atoms with Crippen LogP contribution in [0.1, 0.15) is 18.5 Å². The van der Waals surface area contributed by atoms with Gasteiger partial charge in [-0.05, 0) is 37.1 Å². The topological polar surface area (TPSA) is 41.1 Å². The molecular formula is C20H21FN4S. The Morgan fingerprint density at radius 1 is 1.12 bits per heavy atom. The highest BCUT2D eigenvalue weighted by Gasteiger charge is 2.20. The number of benzene rings is 1. The van der Waals surface area contributed by atoms with E-state index in [0.717, 1.165) is 49.0 Å². The summed E-state index contributed by atoms with van der Waals surface area (Å²) in [6.07, 6.45) is 3.98. The second kappa shape index (κ2) is 7.93. The predicted octanol–water partition coefficient (Wildman–Crippen LogP) is 4.42. The summed E-state index contributed by atoms with van der Waals surface area (Å²) in [7, 11) is 0. The predicted molar refractivity (Wildman–Crippen MR) is 104 cm³/mol. The number of nitrogens with one attached hydrogen (secondary N) is 1. The van der Waals surface area contributed by atoms with Crippen molar-refractivity contribution in [2.45, 2.75) is 25.4 Å². The summed E-state index contributed by atoms with van der Waals surface area (Å²) in [6, 6.07) is 13.2. The van der Waals surface area contributed by atoms with Crippen molar-refractivity contribution in [3.63, 3.8) is 0 Å². The van der Waals surface area contributed by atoms with E-state index in [1.165, 1.54) is 17.4 Å². The van der Waals surface area contributed by atoms with E-state index in [1.54, 1.807) is 12.1 Å². The maximum absolute atomic E-state index is 13.9. The van der Waals surface area contributed by atoms with E-state index in [4.69, 9.17) is 0 Å². The maximum atomic E-state index is 13.9. The molecule has 0 saturated carbocycles. The number of rotatable bonds is 5. The van der Waals surface area contributed by atoms with Gasteiger partial charge in [0.05, 0.1) is 5.69 Å². The summed E-state index contributed by atoms with van der Waals surface area (Å²) >= 11 is 1.51. The number of nitrogens with zero attached hydrogens (tertiary/aromatic N) is 3. The number of likely N-dealkylation sites (tertiary alicyclic amines) is 1. The monoisotopic (exact) mass is 368 g/mol. The number of pyridine rings is 1. The van der Waals surface area contributed by atoms with E-state index < -0.39 is 0 Å². The van der Waals surface area contributed by atoms with E-state index in [0.29, 0.717) is 11.6 Å². The van der Waals surface area contributed by atoms with Gasteiger partial charge in [-0.15, -0.1) is 11.3 Å². The van der Waals surface area contributed by atoms with Crippen LogP contribution in [-0.4, -0.2) is 34.0 Å². The van der Waals surface area contributed by atoms with Gasteiger partial charge in [-0.1, -0.05) is 18.2 Å². The van der Waals surface area contributed by atoms with E-state index in [2.05, 4.69) is 20.2 Å². The van der Waals surface area contributed by atoms with Gasteiger partial charge in [-0.2, -0.15) is 0 Å². The zero-order valence-electron chi connectivity index (χ0n) is 14.4. The zero-order valence-corrected chi connectivity index (χ0v) is 15.3. The second-order valence-electron chi connectivity index (χ2n) is 6.53. The molecular weight excluding hydrogens is 347 g/mol. The first-order chi connectivity index (χ1) is 12.8. The van der Waals surface area contributed by atoms with Gasteiger partial charge >= 0.3 is 0 Å². The van der Waals surface area contributed by atoms with Gasteiger partial charge in [0.1, 0.15) is 16.6 Å². The van der Waals surface area contributed by atoms with Crippen LogP contribution in [0.4, 0.5) is 10.2 Å². The Bertz CT molecular complexity index is 844. The van der Waals surface area contributed by atoms with Crippen LogP contribution in [0.3, 0.4) is 0 Å². The van der Waals surface area contributed by atoms with Crippen LogP contribution in [0, 0.1) is 5.82 Å². The molecule has 26 heavy (non-hydrogen) atoms. The number of halogens is 1. The maximum Gasteiger partial charge on any atom is 0.133 e. The minimum absolute atomic E-state index is 0.213. The molecule has 1 aromatic carbocycles. The third-order valence-corrected chi connectivity index (χ3v) is 5.57. The lowest BCUT2D eigenvalue weighted by molar-refractivity contribution is 0.209. The highest BCUT2D eigenvalue weighted by molar-refractivity contribution is 7.13. The molecule has 1 saturated heterocycles. The van der Waals surface area contributed by atoms with Crippen LogP contribution in [0.15, 0.2) is 54.0 Å². The zero-order chi connectivity index (χ0) is 17.8. The fourth-order valence-corrected chi connectivity index (χ4v) is 4.10. The van der Waals surface area contributed by atoms with Gasteiger partial charge in [-0.25, -0.2) is 14.4 Å². The Kier molecular flexibility index (Phi) is 5.22. The molecule has 4 rings (SSSR count). The van der Waals surface area contributed by atoms with Crippen LogP contribution in [-0.2, 0) is 6.54 Å². The van der Waals surface area contributed by atoms with Crippen LogP contribution in [0.2, 0.25) is 0 Å². The number of anilines is 1. The van der Waals surface area contributed by atoms with Gasteiger partial charge in [0, 0.05) is 42.8 Å². The summed E-state index contributed by atoms with van der Waals surface area (Å²) in [5.41, 5.74) is 1.60. The van der Waals surface area contributed by atoms with E-state index in [9.17, 15) is 4.39 Å². The van der Waals surface area contributed by atoms with E-state index in [-0.39, 0.29) is 5.82 Å². The normalized spacial score (nSPS) is 15.9. The quantitative estimate of drug-likeness (QED) is 0.724. The van der Waals surface area contributed by atoms with Gasteiger partial charge in [0.25, 0.3) is 0 Å².